The summed E-state index contributed by atoms with van der Waals surface area (Å²) in [6.45, 7) is 3.97. The van der Waals surface area contributed by atoms with E-state index < -0.39 is 22.9 Å². The first-order valence-electron chi connectivity index (χ1n) is 11.6. The fourth-order valence-electron chi connectivity index (χ4n) is 3.93. The summed E-state index contributed by atoms with van der Waals surface area (Å²) in [6.07, 6.45) is -3.33. The molecule has 0 unspecified atom stereocenters. The number of benzene rings is 1. The van der Waals surface area contributed by atoms with E-state index in [1.807, 2.05) is 0 Å². The highest BCUT2D eigenvalue weighted by Crippen LogP contribution is 2.30. The van der Waals surface area contributed by atoms with Crippen LogP contribution in [-0.4, -0.2) is 74.7 Å². The number of alkyl halides is 3. The minimum atomic E-state index is -4.84. The van der Waals surface area contributed by atoms with Crippen molar-refractivity contribution in [2.75, 3.05) is 38.2 Å². The summed E-state index contributed by atoms with van der Waals surface area (Å²) in [5.74, 6) is -0.796. The summed E-state index contributed by atoms with van der Waals surface area (Å²) in [4.78, 5) is 34.7. The van der Waals surface area contributed by atoms with Crippen molar-refractivity contribution in [2.45, 2.75) is 12.9 Å². The molecule has 0 saturated carbocycles. The first-order valence-corrected chi connectivity index (χ1v) is 12.4. The average molecular weight is 564 g/mol. The molecule has 1 aliphatic rings. The quantitative estimate of drug-likeness (QED) is 0.250. The van der Waals surface area contributed by atoms with E-state index in [-0.39, 0.29) is 21.5 Å². The Labute approximate surface area is 222 Å². The van der Waals surface area contributed by atoms with Crippen LogP contribution in [-0.2, 0) is 11.3 Å². The van der Waals surface area contributed by atoms with Crippen LogP contribution in [0.3, 0.4) is 0 Å². The lowest BCUT2D eigenvalue weighted by Gasteiger charge is -2.26. The molecule has 3 aromatic heterocycles. The molecule has 1 amide bonds. The number of ether oxygens (including phenoxy) is 2. The molecule has 0 bridgehead atoms. The van der Waals surface area contributed by atoms with Crippen molar-refractivity contribution in [3.05, 3.63) is 57.6 Å². The fourth-order valence-corrected chi connectivity index (χ4v) is 4.64. The number of morpholine rings is 1. The smallest absolute Gasteiger partial charge is 0.406 e. The Morgan fingerprint density at radius 2 is 1.87 bits per heavy atom. The molecular formula is C23H20F3N7O5S. The maximum atomic E-state index is 12.9. The Bertz CT molecular complexity index is 1500. The largest absolute Gasteiger partial charge is 0.573 e. The van der Waals surface area contributed by atoms with Crippen molar-refractivity contribution in [2.24, 2.45) is 0 Å². The van der Waals surface area contributed by atoms with Gasteiger partial charge in [0.15, 0.2) is 11.5 Å². The number of hydrogen-bond donors (Lipinski definition) is 1. The molecule has 0 aliphatic carbocycles. The lowest BCUT2D eigenvalue weighted by Crippen LogP contribution is -2.38. The van der Waals surface area contributed by atoms with Gasteiger partial charge in [-0.05, 0) is 30.3 Å². The molecule has 1 N–H and O–H groups in total. The zero-order valence-corrected chi connectivity index (χ0v) is 20.9. The summed E-state index contributed by atoms with van der Waals surface area (Å²) in [6, 6.07) is 7.57. The van der Waals surface area contributed by atoms with Crippen molar-refractivity contribution in [1.29, 1.82) is 0 Å². The minimum Gasteiger partial charge on any atom is -0.406 e. The zero-order valence-electron chi connectivity index (χ0n) is 20.1. The maximum absolute atomic E-state index is 12.9. The Hall–Kier alpha value is -4.15. The van der Waals surface area contributed by atoms with E-state index >= 15 is 0 Å². The SMILES string of the molecule is O=C(Nc1nc(-c2ccc(OC(F)(F)F)cc2)nc2c1cnn2CCN1CCOCC1)c1ccc([N+](=O)[O-])s1. The van der Waals surface area contributed by atoms with Crippen LogP contribution in [0.4, 0.5) is 24.0 Å². The summed E-state index contributed by atoms with van der Waals surface area (Å²) in [7, 11) is 0. The van der Waals surface area contributed by atoms with Crippen LogP contribution in [0.15, 0.2) is 42.6 Å². The van der Waals surface area contributed by atoms with Crippen LogP contribution in [0.2, 0.25) is 0 Å². The Balaban J connectivity index is 1.48. The number of nitrogens with zero attached hydrogens (tertiary/aromatic N) is 6. The Morgan fingerprint density at radius 1 is 1.13 bits per heavy atom. The molecule has 5 rings (SSSR count). The number of rotatable bonds is 8. The van der Waals surface area contributed by atoms with Gasteiger partial charge in [-0.25, -0.2) is 14.6 Å². The van der Waals surface area contributed by atoms with E-state index in [1.54, 1.807) is 4.68 Å². The van der Waals surface area contributed by atoms with Crippen molar-refractivity contribution in [3.63, 3.8) is 0 Å². The third-order valence-electron chi connectivity index (χ3n) is 5.80. The number of aromatic nitrogens is 4. The highest BCUT2D eigenvalue weighted by molar-refractivity contribution is 7.17. The molecule has 1 aliphatic heterocycles. The predicted molar refractivity (Wildman–Crippen MR) is 134 cm³/mol. The molecule has 1 fully saturated rings. The van der Waals surface area contributed by atoms with Gasteiger partial charge in [0.2, 0.25) is 0 Å². The van der Waals surface area contributed by atoms with E-state index in [0.717, 1.165) is 25.2 Å². The Morgan fingerprint density at radius 3 is 2.54 bits per heavy atom. The van der Waals surface area contributed by atoms with E-state index in [1.165, 1.54) is 30.5 Å². The number of halogens is 3. The van der Waals surface area contributed by atoms with Crippen LogP contribution in [0.1, 0.15) is 9.67 Å². The lowest BCUT2D eigenvalue weighted by atomic mass is 10.2. The molecule has 16 heteroatoms. The number of nitrogens with one attached hydrogen (secondary N) is 1. The molecule has 4 heterocycles. The summed E-state index contributed by atoms with van der Waals surface area (Å²) in [5, 5.41) is 18.3. The highest BCUT2D eigenvalue weighted by Gasteiger charge is 2.31. The molecule has 1 aromatic carbocycles. The topological polar surface area (TPSA) is 138 Å². The molecule has 1 saturated heterocycles. The second-order valence-electron chi connectivity index (χ2n) is 8.38. The number of thiophene rings is 1. The van der Waals surface area contributed by atoms with E-state index in [0.29, 0.717) is 54.2 Å². The number of amides is 1. The summed E-state index contributed by atoms with van der Waals surface area (Å²) < 4.78 is 48.7. The van der Waals surface area contributed by atoms with Gasteiger partial charge in [-0.1, -0.05) is 11.3 Å². The molecule has 0 spiro atoms. The van der Waals surface area contributed by atoms with Gasteiger partial charge in [0.25, 0.3) is 5.91 Å². The summed E-state index contributed by atoms with van der Waals surface area (Å²) in [5.41, 5.74) is 0.769. The van der Waals surface area contributed by atoms with Crippen molar-refractivity contribution < 1.29 is 32.4 Å². The molecule has 0 radical (unpaired) electrons. The van der Waals surface area contributed by atoms with E-state index in [4.69, 9.17) is 4.74 Å². The summed E-state index contributed by atoms with van der Waals surface area (Å²) >= 11 is 0.713. The van der Waals surface area contributed by atoms with Gasteiger partial charge >= 0.3 is 11.4 Å². The number of hydrogen-bond acceptors (Lipinski definition) is 10. The second kappa shape index (κ2) is 10.9. The van der Waals surface area contributed by atoms with Gasteiger partial charge in [-0.3, -0.25) is 19.8 Å². The maximum Gasteiger partial charge on any atom is 0.573 e. The van der Waals surface area contributed by atoms with Crippen LogP contribution in [0.25, 0.3) is 22.4 Å². The molecule has 4 aromatic rings. The van der Waals surface area contributed by atoms with Crippen LogP contribution >= 0.6 is 11.3 Å². The van der Waals surface area contributed by atoms with E-state index in [9.17, 15) is 28.1 Å². The van der Waals surface area contributed by atoms with E-state index in [2.05, 4.69) is 30.0 Å². The first-order chi connectivity index (χ1) is 18.7. The van der Waals surface area contributed by atoms with Gasteiger partial charge < -0.3 is 14.8 Å². The lowest BCUT2D eigenvalue weighted by molar-refractivity contribution is -0.380. The third-order valence-corrected chi connectivity index (χ3v) is 6.84. The monoisotopic (exact) mass is 563 g/mol. The molecule has 39 heavy (non-hydrogen) atoms. The Kier molecular flexibility index (Phi) is 7.40. The van der Waals surface area contributed by atoms with Crippen molar-refractivity contribution >= 4 is 39.1 Å². The minimum absolute atomic E-state index is 0.100. The van der Waals surface area contributed by atoms with Gasteiger partial charge in [0.1, 0.15) is 11.6 Å². The van der Waals surface area contributed by atoms with Crippen LogP contribution in [0, 0.1) is 10.1 Å². The molecule has 12 nitrogen and oxygen atoms in total. The predicted octanol–water partition coefficient (Wildman–Crippen LogP) is 3.95. The second-order valence-corrected chi connectivity index (χ2v) is 9.44. The third kappa shape index (κ3) is 6.30. The first kappa shape index (κ1) is 26.5. The highest BCUT2D eigenvalue weighted by atomic mass is 32.1. The zero-order chi connectivity index (χ0) is 27.6. The molecule has 0 atom stereocenters. The molecule has 204 valence electrons. The molecular weight excluding hydrogens is 543 g/mol. The fraction of sp³-hybridized carbons (Fsp3) is 0.304. The average Bonchev–Trinajstić information content (AvgIpc) is 3.56. The van der Waals surface area contributed by atoms with Crippen LogP contribution < -0.4 is 10.1 Å². The van der Waals surface area contributed by atoms with Gasteiger partial charge in [0, 0.05) is 31.3 Å². The number of carbonyl (C=O) groups is 1. The number of fused-ring (bicyclic) bond motifs is 1. The van der Waals surface area contributed by atoms with Crippen LogP contribution in [0.5, 0.6) is 5.75 Å². The number of carbonyl (C=O) groups excluding carboxylic acids is 1. The normalized spacial score (nSPS) is 14.4. The van der Waals surface area contributed by atoms with Crippen molar-refractivity contribution in [3.8, 4) is 17.1 Å². The van der Waals surface area contributed by atoms with Crippen molar-refractivity contribution in [1.82, 2.24) is 24.6 Å². The number of anilines is 1. The number of nitro groups is 1. The van der Waals surface area contributed by atoms with Gasteiger partial charge in [-0.2, -0.15) is 5.10 Å². The van der Waals surface area contributed by atoms with Gasteiger partial charge in [-0.15, -0.1) is 13.2 Å². The standard InChI is InChI=1S/C23H20F3N7O5S/c24-23(25,26)38-15-3-1-14(2-4-15)19-28-20(30-22(34)17-5-6-18(39-17)33(35)36)16-13-27-32(21(16)29-19)8-7-31-9-11-37-12-10-31/h1-6,13H,7-12H2,(H,28,29,30,34). The van der Waals surface area contributed by atoms with Gasteiger partial charge in [0.05, 0.1) is 41.1 Å².